The fourth-order valence-electron chi connectivity index (χ4n) is 2.23. The smallest absolute Gasteiger partial charge is 0.233 e. The minimum atomic E-state index is -0.519. The molecule has 1 fully saturated rings. The van der Waals surface area contributed by atoms with Gasteiger partial charge < -0.3 is 15.8 Å². The van der Waals surface area contributed by atoms with Gasteiger partial charge in [0.25, 0.3) is 0 Å². The quantitative estimate of drug-likeness (QED) is 0.764. The van der Waals surface area contributed by atoms with Crippen molar-refractivity contribution in [3.8, 4) is 0 Å². The van der Waals surface area contributed by atoms with E-state index in [2.05, 4.69) is 29.4 Å². The summed E-state index contributed by atoms with van der Waals surface area (Å²) < 4.78 is 5.31. The van der Waals surface area contributed by atoms with Gasteiger partial charge in [-0.05, 0) is 18.8 Å². The van der Waals surface area contributed by atoms with Crippen LogP contribution in [0, 0.1) is 5.41 Å². The molecule has 2 rings (SSSR count). The molecule has 0 atom stereocenters. The van der Waals surface area contributed by atoms with E-state index in [4.69, 9.17) is 10.5 Å². The zero-order chi connectivity index (χ0) is 13.9. The van der Waals surface area contributed by atoms with Crippen LogP contribution < -0.4 is 11.1 Å². The molecule has 1 saturated heterocycles. The van der Waals surface area contributed by atoms with Gasteiger partial charge in [-0.2, -0.15) is 5.10 Å². The van der Waals surface area contributed by atoms with Crippen molar-refractivity contribution in [2.45, 2.75) is 32.6 Å². The number of anilines is 1. The molecule has 19 heavy (non-hydrogen) atoms. The molecule has 1 aromatic rings. The SMILES string of the molecule is CC(C)c1cc(NC(=O)C2(CN)CCOCC2)n[nH]1. The van der Waals surface area contributed by atoms with Gasteiger partial charge in [0.1, 0.15) is 0 Å². The first kappa shape index (κ1) is 14.0. The van der Waals surface area contributed by atoms with Crippen molar-refractivity contribution in [2.24, 2.45) is 11.1 Å². The van der Waals surface area contributed by atoms with Crippen LogP contribution >= 0.6 is 0 Å². The summed E-state index contributed by atoms with van der Waals surface area (Å²) in [6.07, 6.45) is 1.33. The van der Waals surface area contributed by atoms with Crippen LogP contribution in [0.1, 0.15) is 38.3 Å². The van der Waals surface area contributed by atoms with E-state index in [-0.39, 0.29) is 5.91 Å². The van der Waals surface area contributed by atoms with Crippen LogP contribution in [0.4, 0.5) is 5.82 Å². The summed E-state index contributed by atoms with van der Waals surface area (Å²) >= 11 is 0. The highest BCUT2D eigenvalue weighted by atomic mass is 16.5. The predicted octanol–water partition coefficient (Wildman–Crippen LogP) is 1.23. The maximum Gasteiger partial charge on any atom is 0.233 e. The lowest BCUT2D eigenvalue weighted by atomic mass is 9.79. The van der Waals surface area contributed by atoms with Crippen molar-refractivity contribution in [3.05, 3.63) is 11.8 Å². The molecule has 1 aliphatic heterocycles. The lowest BCUT2D eigenvalue weighted by Crippen LogP contribution is -2.46. The molecule has 6 heteroatoms. The summed E-state index contributed by atoms with van der Waals surface area (Å²) in [7, 11) is 0. The van der Waals surface area contributed by atoms with E-state index in [1.165, 1.54) is 0 Å². The van der Waals surface area contributed by atoms with Crippen LogP contribution in [0.5, 0.6) is 0 Å². The molecule has 0 radical (unpaired) electrons. The van der Waals surface area contributed by atoms with Crippen molar-refractivity contribution < 1.29 is 9.53 Å². The first-order valence-corrected chi connectivity index (χ1v) is 6.72. The number of aromatic nitrogens is 2. The normalized spacial score (nSPS) is 18.5. The van der Waals surface area contributed by atoms with E-state index in [9.17, 15) is 4.79 Å². The van der Waals surface area contributed by atoms with Crippen molar-refractivity contribution in [3.63, 3.8) is 0 Å². The van der Waals surface area contributed by atoms with E-state index in [0.717, 1.165) is 5.69 Å². The molecule has 1 amide bonds. The Balaban J connectivity index is 2.06. The van der Waals surface area contributed by atoms with E-state index in [1.54, 1.807) is 0 Å². The van der Waals surface area contributed by atoms with Crippen molar-refractivity contribution in [2.75, 3.05) is 25.1 Å². The fourth-order valence-corrected chi connectivity index (χ4v) is 2.23. The minimum Gasteiger partial charge on any atom is -0.381 e. The van der Waals surface area contributed by atoms with Crippen molar-refractivity contribution in [1.82, 2.24) is 10.2 Å². The Morgan fingerprint density at radius 1 is 1.58 bits per heavy atom. The Kier molecular flexibility index (Phi) is 4.21. The van der Waals surface area contributed by atoms with Crippen LogP contribution in [-0.4, -0.2) is 35.9 Å². The number of ether oxygens (including phenoxy) is 1. The number of rotatable bonds is 4. The number of hydrogen-bond acceptors (Lipinski definition) is 4. The summed E-state index contributed by atoms with van der Waals surface area (Å²) in [4.78, 5) is 12.4. The number of carbonyl (C=O) groups excluding carboxylic acids is 1. The highest BCUT2D eigenvalue weighted by Crippen LogP contribution is 2.30. The Hall–Kier alpha value is -1.40. The molecule has 0 spiro atoms. The second-order valence-corrected chi connectivity index (χ2v) is 5.41. The largest absolute Gasteiger partial charge is 0.381 e. The molecule has 4 N–H and O–H groups in total. The summed E-state index contributed by atoms with van der Waals surface area (Å²) in [6.45, 7) is 5.65. The summed E-state index contributed by atoms with van der Waals surface area (Å²) in [5, 5.41) is 9.89. The van der Waals surface area contributed by atoms with Crippen LogP contribution in [0.25, 0.3) is 0 Å². The van der Waals surface area contributed by atoms with Gasteiger partial charge >= 0.3 is 0 Å². The second-order valence-electron chi connectivity index (χ2n) is 5.41. The average molecular weight is 266 g/mol. The zero-order valence-electron chi connectivity index (χ0n) is 11.5. The average Bonchev–Trinajstić information content (AvgIpc) is 2.88. The van der Waals surface area contributed by atoms with Gasteiger partial charge in [0, 0.05) is 31.5 Å². The topological polar surface area (TPSA) is 93.0 Å². The summed E-state index contributed by atoms with van der Waals surface area (Å²) in [5.74, 6) is 0.859. The third kappa shape index (κ3) is 2.96. The molecule has 0 aliphatic carbocycles. The lowest BCUT2D eigenvalue weighted by Gasteiger charge is -2.34. The van der Waals surface area contributed by atoms with E-state index >= 15 is 0 Å². The Labute approximate surface area is 113 Å². The molecule has 6 nitrogen and oxygen atoms in total. The maximum absolute atomic E-state index is 12.4. The first-order valence-electron chi connectivity index (χ1n) is 6.72. The van der Waals surface area contributed by atoms with E-state index in [0.29, 0.717) is 44.3 Å². The number of H-pyrrole nitrogens is 1. The lowest BCUT2D eigenvalue weighted by molar-refractivity contribution is -0.130. The van der Waals surface area contributed by atoms with Gasteiger partial charge in [0.2, 0.25) is 5.91 Å². The summed E-state index contributed by atoms with van der Waals surface area (Å²) in [6, 6.07) is 1.87. The van der Waals surface area contributed by atoms with Crippen molar-refractivity contribution >= 4 is 11.7 Å². The fraction of sp³-hybridized carbons (Fsp3) is 0.692. The standard InChI is InChI=1S/C13H22N4O2/c1-9(2)10-7-11(17-16-10)15-12(18)13(8-14)3-5-19-6-4-13/h7,9H,3-6,8,14H2,1-2H3,(H2,15,16,17,18). The van der Waals surface area contributed by atoms with E-state index in [1.807, 2.05) is 6.07 Å². The van der Waals surface area contributed by atoms with Gasteiger partial charge in [0.05, 0.1) is 5.41 Å². The summed E-state index contributed by atoms with van der Waals surface area (Å²) in [5.41, 5.74) is 6.29. The molecular weight excluding hydrogens is 244 g/mol. The number of nitrogens with one attached hydrogen (secondary N) is 2. The monoisotopic (exact) mass is 266 g/mol. The molecule has 2 heterocycles. The number of nitrogens with two attached hydrogens (primary N) is 1. The molecule has 0 unspecified atom stereocenters. The van der Waals surface area contributed by atoms with Gasteiger partial charge in [-0.25, -0.2) is 0 Å². The van der Waals surface area contributed by atoms with E-state index < -0.39 is 5.41 Å². The molecule has 0 bridgehead atoms. The second kappa shape index (κ2) is 5.71. The molecule has 106 valence electrons. The van der Waals surface area contributed by atoms with Gasteiger partial charge in [0.15, 0.2) is 5.82 Å². The zero-order valence-corrected chi connectivity index (χ0v) is 11.5. The number of hydrogen-bond donors (Lipinski definition) is 3. The highest BCUT2D eigenvalue weighted by Gasteiger charge is 2.39. The molecule has 1 aliphatic rings. The van der Waals surface area contributed by atoms with Gasteiger partial charge in [-0.15, -0.1) is 0 Å². The minimum absolute atomic E-state index is 0.0555. The number of carbonyl (C=O) groups is 1. The highest BCUT2D eigenvalue weighted by molar-refractivity contribution is 5.94. The first-order chi connectivity index (χ1) is 9.07. The van der Waals surface area contributed by atoms with Crippen molar-refractivity contribution in [1.29, 1.82) is 0 Å². The van der Waals surface area contributed by atoms with Crippen LogP contribution in [-0.2, 0) is 9.53 Å². The predicted molar refractivity (Wildman–Crippen MR) is 72.8 cm³/mol. The number of aromatic amines is 1. The van der Waals surface area contributed by atoms with Crippen LogP contribution in [0.3, 0.4) is 0 Å². The van der Waals surface area contributed by atoms with Crippen LogP contribution in [0.15, 0.2) is 6.07 Å². The number of amides is 1. The molecular formula is C13H22N4O2. The third-order valence-electron chi connectivity index (χ3n) is 3.78. The Morgan fingerprint density at radius 3 is 2.79 bits per heavy atom. The van der Waals surface area contributed by atoms with Gasteiger partial charge in [-0.1, -0.05) is 13.8 Å². The Bertz CT molecular complexity index is 436. The van der Waals surface area contributed by atoms with Gasteiger partial charge in [-0.3, -0.25) is 9.89 Å². The molecule has 0 saturated carbocycles. The third-order valence-corrected chi connectivity index (χ3v) is 3.78. The molecule has 1 aromatic heterocycles. The maximum atomic E-state index is 12.4. The Morgan fingerprint density at radius 2 is 2.26 bits per heavy atom. The molecule has 0 aromatic carbocycles. The number of nitrogens with zero attached hydrogens (tertiary/aromatic N) is 1. The van der Waals surface area contributed by atoms with Crippen LogP contribution in [0.2, 0.25) is 0 Å².